The summed E-state index contributed by atoms with van der Waals surface area (Å²) in [6, 6.07) is 7.90. The first-order valence-electron chi connectivity index (χ1n) is 9.74. The number of benzene rings is 2. The van der Waals surface area contributed by atoms with Gasteiger partial charge in [-0.15, -0.1) is 11.3 Å². The molecular formula is C20H17ClF3N2O6PS2. The van der Waals surface area contributed by atoms with Crippen LogP contribution in [0.5, 0.6) is 11.5 Å². The Hall–Kier alpha value is -2.33. The zero-order chi connectivity index (χ0) is 26.0. The molecule has 3 aromatic rings. The highest BCUT2D eigenvalue weighted by Crippen LogP contribution is 2.44. The van der Waals surface area contributed by atoms with Crippen LogP contribution < -0.4 is 14.0 Å². The number of ether oxygens (including phenoxy) is 1. The summed E-state index contributed by atoms with van der Waals surface area (Å²) in [6.45, 7) is 2.36. The van der Waals surface area contributed by atoms with Crippen molar-refractivity contribution in [3.8, 4) is 17.6 Å². The van der Waals surface area contributed by atoms with E-state index in [1.807, 2.05) is 11.6 Å². The van der Waals surface area contributed by atoms with E-state index in [2.05, 4.69) is 0 Å². The number of nitrogens with zero attached hydrogens (tertiary/aromatic N) is 1. The van der Waals surface area contributed by atoms with Crippen LogP contribution in [0.25, 0.3) is 10.1 Å². The molecule has 0 fully saturated rings. The summed E-state index contributed by atoms with van der Waals surface area (Å²) in [5.41, 5.74) is -2.06. The maximum atomic E-state index is 13.1. The first-order chi connectivity index (χ1) is 16.3. The lowest BCUT2D eigenvalue weighted by Crippen LogP contribution is -2.25. The molecule has 1 atom stereocenters. The Morgan fingerprint density at radius 2 is 1.94 bits per heavy atom. The highest BCUT2D eigenvalue weighted by Gasteiger charge is 2.35. The lowest BCUT2D eigenvalue weighted by Gasteiger charge is -2.16. The molecule has 0 aliphatic heterocycles. The topological polar surface area (TPSA) is 126 Å². The molecule has 35 heavy (non-hydrogen) atoms. The molecule has 1 aromatic heterocycles. The van der Waals surface area contributed by atoms with Gasteiger partial charge < -0.3 is 14.2 Å². The fourth-order valence-corrected chi connectivity index (χ4v) is 7.08. The van der Waals surface area contributed by atoms with E-state index in [1.165, 1.54) is 12.1 Å². The second kappa shape index (κ2) is 10.3. The van der Waals surface area contributed by atoms with Crippen molar-refractivity contribution in [3.63, 3.8) is 0 Å². The lowest BCUT2D eigenvalue weighted by molar-refractivity contribution is -0.137. The van der Waals surface area contributed by atoms with Gasteiger partial charge in [-0.05, 0) is 42.1 Å². The smallest absolute Gasteiger partial charge is 0.417 e. The minimum Gasteiger partial charge on any atom is -0.494 e. The van der Waals surface area contributed by atoms with E-state index in [0.717, 1.165) is 29.9 Å². The summed E-state index contributed by atoms with van der Waals surface area (Å²) >= 11 is 7.04. The predicted octanol–water partition coefficient (Wildman–Crippen LogP) is 5.73. The number of fused-ring (bicyclic) bond motifs is 1. The quantitative estimate of drug-likeness (QED) is 0.316. The molecule has 0 radical (unpaired) electrons. The predicted molar refractivity (Wildman–Crippen MR) is 124 cm³/mol. The number of sulfonamides is 1. The Balaban J connectivity index is 1.78. The first-order valence-corrected chi connectivity index (χ1v) is 14.2. The molecule has 0 aliphatic rings. The standard InChI is InChI=1S/C20H17ClF3N2O6PS2/c1-2-5-31-15-6-13-7-18(34-19(13)17(21)9-15)35(29,30)26-11-33(27,28)32-14-4-3-12(10-25)16(8-14)20(22,23)24/h3-4,6-9,26H,2,5,11H2,1H3,(H,27,28). The number of halogens is 4. The number of nitriles is 1. The van der Waals surface area contributed by atoms with Crippen LogP contribution in [0.4, 0.5) is 13.2 Å². The fraction of sp³-hybridized carbons (Fsp3) is 0.250. The zero-order valence-corrected chi connectivity index (χ0v) is 21.1. The molecule has 3 rings (SSSR count). The Kier molecular flexibility index (Phi) is 8.06. The van der Waals surface area contributed by atoms with E-state index in [0.29, 0.717) is 28.5 Å². The van der Waals surface area contributed by atoms with Crippen molar-refractivity contribution >= 4 is 50.6 Å². The van der Waals surface area contributed by atoms with Crippen molar-refractivity contribution in [2.75, 3.05) is 12.9 Å². The second-order valence-electron chi connectivity index (χ2n) is 7.09. The van der Waals surface area contributed by atoms with Gasteiger partial charge >= 0.3 is 13.8 Å². The third-order valence-corrected chi connectivity index (χ3v) is 9.12. The normalized spacial score (nSPS) is 13.9. The molecular weight excluding hydrogens is 552 g/mol. The highest BCUT2D eigenvalue weighted by atomic mass is 35.5. The van der Waals surface area contributed by atoms with E-state index in [9.17, 15) is 31.0 Å². The van der Waals surface area contributed by atoms with E-state index in [1.54, 1.807) is 12.1 Å². The molecule has 0 amide bonds. The molecule has 2 N–H and O–H groups in total. The van der Waals surface area contributed by atoms with Crippen molar-refractivity contribution in [3.05, 3.63) is 52.5 Å². The van der Waals surface area contributed by atoms with Crippen LogP contribution in [0, 0.1) is 11.3 Å². The van der Waals surface area contributed by atoms with Gasteiger partial charge in [-0.1, -0.05) is 18.5 Å². The van der Waals surface area contributed by atoms with Crippen LogP contribution >= 0.6 is 30.5 Å². The van der Waals surface area contributed by atoms with Crippen LogP contribution in [0.3, 0.4) is 0 Å². The van der Waals surface area contributed by atoms with Gasteiger partial charge in [0, 0.05) is 6.07 Å². The second-order valence-corrected chi connectivity index (χ2v) is 12.3. The van der Waals surface area contributed by atoms with Crippen LogP contribution in [-0.4, -0.2) is 26.2 Å². The molecule has 0 aliphatic carbocycles. The van der Waals surface area contributed by atoms with Gasteiger partial charge in [0.25, 0.3) is 10.0 Å². The summed E-state index contributed by atoms with van der Waals surface area (Å²) in [5, 5.41) is 9.57. The number of alkyl halides is 3. The van der Waals surface area contributed by atoms with E-state index in [4.69, 9.17) is 26.1 Å². The third kappa shape index (κ3) is 6.67. The number of nitrogens with one attached hydrogen (secondary N) is 1. The van der Waals surface area contributed by atoms with Gasteiger partial charge in [-0.3, -0.25) is 0 Å². The van der Waals surface area contributed by atoms with Crippen molar-refractivity contribution in [2.45, 2.75) is 23.7 Å². The molecule has 0 saturated carbocycles. The maximum absolute atomic E-state index is 13.1. The summed E-state index contributed by atoms with van der Waals surface area (Å²) in [6.07, 6.45) is -5.27. The van der Waals surface area contributed by atoms with Crippen molar-refractivity contribution in [1.29, 1.82) is 5.26 Å². The monoisotopic (exact) mass is 568 g/mol. The minimum atomic E-state index is -4.91. The summed E-state index contributed by atoms with van der Waals surface area (Å²) < 4.78 is 89.5. The average molecular weight is 569 g/mol. The summed E-state index contributed by atoms with van der Waals surface area (Å²) in [7, 11) is -9.08. The number of thiophene rings is 1. The van der Waals surface area contributed by atoms with Gasteiger partial charge in [0.05, 0.1) is 33.5 Å². The maximum Gasteiger partial charge on any atom is 0.417 e. The molecule has 1 heterocycles. The lowest BCUT2D eigenvalue weighted by atomic mass is 10.1. The number of rotatable bonds is 9. The van der Waals surface area contributed by atoms with Gasteiger partial charge in [0.1, 0.15) is 22.0 Å². The number of hydrogen-bond donors (Lipinski definition) is 2. The highest BCUT2D eigenvalue weighted by molar-refractivity contribution is 7.92. The molecule has 8 nitrogen and oxygen atoms in total. The van der Waals surface area contributed by atoms with Crippen LogP contribution in [0.1, 0.15) is 24.5 Å². The van der Waals surface area contributed by atoms with Gasteiger partial charge in [0.15, 0.2) is 0 Å². The van der Waals surface area contributed by atoms with E-state index >= 15 is 0 Å². The number of hydrogen-bond acceptors (Lipinski definition) is 7. The van der Waals surface area contributed by atoms with E-state index in [-0.39, 0.29) is 9.23 Å². The van der Waals surface area contributed by atoms with Gasteiger partial charge in [-0.25, -0.2) is 13.0 Å². The Bertz CT molecular complexity index is 1450. The van der Waals surface area contributed by atoms with Crippen molar-refractivity contribution in [1.82, 2.24) is 4.72 Å². The average Bonchev–Trinajstić information content (AvgIpc) is 3.21. The van der Waals surface area contributed by atoms with Crippen LogP contribution in [-0.2, 0) is 20.8 Å². The zero-order valence-electron chi connectivity index (χ0n) is 17.8. The molecule has 0 spiro atoms. The third-order valence-electron chi connectivity index (χ3n) is 4.38. The van der Waals surface area contributed by atoms with Gasteiger partial charge in [0.2, 0.25) is 0 Å². The Labute approximate surface area is 207 Å². The van der Waals surface area contributed by atoms with Crippen molar-refractivity contribution in [2.24, 2.45) is 0 Å². The van der Waals surface area contributed by atoms with E-state index < -0.39 is 47.0 Å². The molecule has 188 valence electrons. The fourth-order valence-electron chi connectivity index (χ4n) is 2.84. The minimum absolute atomic E-state index is 0.209. The summed E-state index contributed by atoms with van der Waals surface area (Å²) in [5.74, 6) is -0.206. The molecule has 2 aromatic carbocycles. The van der Waals surface area contributed by atoms with Crippen molar-refractivity contribution < 1.29 is 40.3 Å². The van der Waals surface area contributed by atoms with Gasteiger partial charge in [-0.2, -0.15) is 23.2 Å². The molecule has 1 unspecified atom stereocenters. The Morgan fingerprint density at radius 1 is 1.23 bits per heavy atom. The molecule has 15 heteroatoms. The van der Waals surface area contributed by atoms with Crippen LogP contribution in [0.2, 0.25) is 5.02 Å². The van der Waals surface area contributed by atoms with Crippen LogP contribution in [0.15, 0.2) is 40.6 Å². The first kappa shape index (κ1) is 27.3. The summed E-state index contributed by atoms with van der Waals surface area (Å²) in [4.78, 5) is 10.0. The SMILES string of the molecule is CCCOc1cc(Cl)c2sc(S(=O)(=O)NCP(=O)(O)Oc3ccc(C#N)c(C(F)(F)F)c3)cc2c1. The molecule has 0 bridgehead atoms. The Morgan fingerprint density at radius 3 is 2.57 bits per heavy atom. The molecule has 0 saturated heterocycles. The largest absolute Gasteiger partial charge is 0.494 e.